The van der Waals surface area contributed by atoms with Crippen LogP contribution in [-0.2, 0) is 9.47 Å². The molecule has 1 fully saturated rings. The standard InChI is InChI=1S/C26H31N3O4/c1-5-20-8-6-9-22(14-20)29-19-27-17-21-15-25(24(30-2)16-23(21)29)33-13-7-11-28-12-10-26(18-28,31-3)32-4/h1,6,8-9,14-17H,7,10-13,18-19H2,2-4H3. The van der Waals surface area contributed by atoms with Crippen LogP contribution in [0.5, 0.6) is 11.5 Å². The van der Waals surface area contributed by atoms with Gasteiger partial charge in [-0.15, -0.1) is 6.42 Å². The Morgan fingerprint density at radius 1 is 1.12 bits per heavy atom. The van der Waals surface area contributed by atoms with Crippen molar-refractivity contribution in [2.45, 2.75) is 18.6 Å². The number of hydrogen-bond acceptors (Lipinski definition) is 7. The maximum Gasteiger partial charge on any atom is 0.181 e. The van der Waals surface area contributed by atoms with Gasteiger partial charge in [-0.2, -0.15) is 0 Å². The second kappa shape index (κ2) is 10.3. The molecule has 0 saturated carbocycles. The Morgan fingerprint density at radius 2 is 1.97 bits per heavy atom. The number of fused-ring (bicyclic) bond motifs is 1. The first kappa shape index (κ1) is 23.1. The Bertz CT molecular complexity index is 1040. The fourth-order valence-corrected chi connectivity index (χ4v) is 4.36. The lowest BCUT2D eigenvalue weighted by Gasteiger charge is -2.29. The molecular weight excluding hydrogens is 418 g/mol. The van der Waals surface area contributed by atoms with Crippen LogP contribution >= 0.6 is 0 Å². The van der Waals surface area contributed by atoms with Gasteiger partial charge in [-0.05, 0) is 30.7 Å². The molecule has 4 rings (SSSR count). The van der Waals surface area contributed by atoms with Crippen molar-refractivity contribution in [3.8, 4) is 23.8 Å². The molecule has 0 unspecified atom stereocenters. The first-order chi connectivity index (χ1) is 16.1. The fourth-order valence-electron chi connectivity index (χ4n) is 4.36. The highest BCUT2D eigenvalue weighted by Crippen LogP contribution is 2.39. The zero-order valence-electron chi connectivity index (χ0n) is 19.5. The van der Waals surface area contributed by atoms with Gasteiger partial charge in [0.1, 0.15) is 6.67 Å². The Labute approximate surface area is 195 Å². The smallest absolute Gasteiger partial charge is 0.181 e. The average molecular weight is 450 g/mol. The van der Waals surface area contributed by atoms with Crippen LogP contribution in [0.25, 0.3) is 0 Å². The Balaban J connectivity index is 1.42. The van der Waals surface area contributed by atoms with E-state index >= 15 is 0 Å². The molecule has 0 amide bonds. The van der Waals surface area contributed by atoms with Crippen molar-refractivity contribution >= 4 is 17.6 Å². The number of ether oxygens (including phenoxy) is 4. The summed E-state index contributed by atoms with van der Waals surface area (Å²) in [7, 11) is 5.07. The van der Waals surface area contributed by atoms with Gasteiger partial charge < -0.3 is 23.8 Å². The Morgan fingerprint density at radius 3 is 2.70 bits per heavy atom. The van der Waals surface area contributed by atoms with Crippen LogP contribution in [0.3, 0.4) is 0 Å². The van der Waals surface area contributed by atoms with Gasteiger partial charge in [-0.1, -0.05) is 12.0 Å². The van der Waals surface area contributed by atoms with E-state index in [0.29, 0.717) is 24.8 Å². The SMILES string of the molecule is C#Cc1cccc(N2CN=Cc3cc(OCCCN4CCC(OC)(OC)C4)c(OC)cc32)c1. The molecule has 0 spiro atoms. The van der Waals surface area contributed by atoms with Gasteiger partial charge in [-0.25, -0.2) is 0 Å². The van der Waals surface area contributed by atoms with Crippen molar-refractivity contribution < 1.29 is 18.9 Å². The molecule has 7 nitrogen and oxygen atoms in total. The third kappa shape index (κ3) is 4.98. The summed E-state index contributed by atoms with van der Waals surface area (Å²) >= 11 is 0. The molecule has 7 heteroatoms. The molecule has 2 aromatic carbocycles. The molecule has 2 aliphatic rings. The van der Waals surface area contributed by atoms with Crippen molar-refractivity contribution in [3.05, 3.63) is 47.5 Å². The number of terminal acetylenes is 1. The van der Waals surface area contributed by atoms with Gasteiger partial charge in [0.25, 0.3) is 0 Å². The summed E-state index contributed by atoms with van der Waals surface area (Å²) in [6.07, 6.45) is 9.23. The van der Waals surface area contributed by atoms with Crippen LogP contribution in [-0.4, -0.2) is 71.1 Å². The number of nitrogens with zero attached hydrogens (tertiary/aromatic N) is 3. The maximum absolute atomic E-state index is 6.12. The van der Waals surface area contributed by atoms with Gasteiger partial charge >= 0.3 is 0 Å². The van der Waals surface area contributed by atoms with Gasteiger partial charge in [-0.3, -0.25) is 9.89 Å². The summed E-state index contributed by atoms with van der Waals surface area (Å²) < 4.78 is 22.9. The Kier molecular flexibility index (Phi) is 7.19. The van der Waals surface area contributed by atoms with E-state index < -0.39 is 5.79 Å². The molecular formula is C26H31N3O4. The lowest BCUT2D eigenvalue weighted by molar-refractivity contribution is -0.195. The number of likely N-dealkylation sites (tertiary alicyclic amines) is 1. The highest BCUT2D eigenvalue weighted by atomic mass is 16.7. The molecule has 0 radical (unpaired) electrons. The second-order valence-electron chi connectivity index (χ2n) is 8.18. The van der Waals surface area contributed by atoms with E-state index in [4.69, 9.17) is 25.4 Å². The van der Waals surface area contributed by atoms with Crippen LogP contribution in [0.2, 0.25) is 0 Å². The van der Waals surface area contributed by atoms with Crippen LogP contribution in [0.4, 0.5) is 11.4 Å². The predicted octanol–water partition coefficient (Wildman–Crippen LogP) is 3.67. The molecule has 174 valence electrons. The summed E-state index contributed by atoms with van der Waals surface area (Å²) in [4.78, 5) is 8.99. The van der Waals surface area contributed by atoms with E-state index in [-0.39, 0.29) is 0 Å². The molecule has 0 bridgehead atoms. The molecule has 1 saturated heterocycles. The zero-order valence-corrected chi connectivity index (χ0v) is 19.5. The van der Waals surface area contributed by atoms with Crippen molar-refractivity contribution in [3.63, 3.8) is 0 Å². The molecule has 0 aromatic heterocycles. The van der Waals surface area contributed by atoms with Crippen LogP contribution in [0.15, 0.2) is 41.4 Å². The zero-order chi connectivity index (χ0) is 23.3. The average Bonchev–Trinajstić information content (AvgIpc) is 3.29. The van der Waals surface area contributed by atoms with E-state index in [0.717, 1.165) is 55.0 Å². The summed E-state index contributed by atoms with van der Waals surface area (Å²) in [5, 5.41) is 0. The Hall–Kier alpha value is -3.05. The van der Waals surface area contributed by atoms with Crippen LogP contribution in [0, 0.1) is 12.3 Å². The summed E-state index contributed by atoms with van der Waals surface area (Å²) in [6.45, 7) is 3.75. The minimum Gasteiger partial charge on any atom is -0.493 e. The molecule has 0 N–H and O–H groups in total. The van der Waals surface area contributed by atoms with E-state index in [1.54, 1.807) is 21.3 Å². The third-order valence-corrected chi connectivity index (χ3v) is 6.28. The summed E-state index contributed by atoms with van der Waals surface area (Å²) in [5.74, 6) is 3.63. The molecule has 0 atom stereocenters. The van der Waals surface area contributed by atoms with E-state index in [2.05, 4.69) is 20.7 Å². The highest BCUT2D eigenvalue weighted by Gasteiger charge is 2.37. The van der Waals surface area contributed by atoms with E-state index in [9.17, 15) is 0 Å². The highest BCUT2D eigenvalue weighted by molar-refractivity contribution is 5.93. The molecule has 2 aliphatic heterocycles. The summed E-state index contributed by atoms with van der Waals surface area (Å²) in [6, 6.07) is 11.9. The topological polar surface area (TPSA) is 55.8 Å². The minimum atomic E-state index is -0.479. The van der Waals surface area contributed by atoms with Gasteiger partial charge in [0.15, 0.2) is 17.3 Å². The lowest BCUT2D eigenvalue weighted by Crippen LogP contribution is -2.37. The monoisotopic (exact) mass is 449 g/mol. The van der Waals surface area contributed by atoms with E-state index in [1.165, 1.54) is 0 Å². The van der Waals surface area contributed by atoms with Crippen LogP contribution in [0.1, 0.15) is 24.0 Å². The van der Waals surface area contributed by atoms with Gasteiger partial charge in [0.05, 0.1) is 25.9 Å². The van der Waals surface area contributed by atoms with Crippen LogP contribution < -0.4 is 14.4 Å². The molecule has 33 heavy (non-hydrogen) atoms. The lowest BCUT2D eigenvalue weighted by atomic mass is 10.1. The minimum absolute atomic E-state index is 0.479. The fraction of sp³-hybridized carbons (Fsp3) is 0.423. The number of anilines is 2. The number of benzene rings is 2. The number of hydrogen-bond donors (Lipinski definition) is 0. The predicted molar refractivity (Wildman–Crippen MR) is 130 cm³/mol. The van der Waals surface area contributed by atoms with Crippen molar-refractivity contribution in [2.24, 2.45) is 4.99 Å². The molecule has 2 aromatic rings. The number of rotatable bonds is 9. The van der Waals surface area contributed by atoms with Crippen molar-refractivity contribution in [1.29, 1.82) is 0 Å². The third-order valence-electron chi connectivity index (χ3n) is 6.28. The second-order valence-corrected chi connectivity index (χ2v) is 8.18. The van der Waals surface area contributed by atoms with E-state index in [1.807, 2.05) is 42.6 Å². The van der Waals surface area contributed by atoms with Gasteiger partial charge in [0, 0.05) is 62.8 Å². The van der Waals surface area contributed by atoms with Crippen molar-refractivity contribution in [1.82, 2.24) is 4.90 Å². The van der Waals surface area contributed by atoms with Crippen molar-refractivity contribution in [2.75, 3.05) is 59.1 Å². The molecule has 0 aliphatic carbocycles. The summed E-state index contributed by atoms with van der Waals surface area (Å²) in [5.41, 5.74) is 3.82. The van der Waals surface area contributed by atoms with Gasteiger partial charge in [0.2, 0.25) is 0 Å². The number of methoxy groups -OCH3 is 3. The normalized spacial score (nSPS) is 17.0. The quantitative estimate of drug-likeness (QED) is 0.331. The largest absolute Gasteiger partial charge is 0.493 e. The number of aliphatic imine (C=N–C) groups is 1. The first-order valence-corrected chi connectivity index (χ1v) is 11.1. The first-order valence-electron chi connectivity index (χ1n) is 11.1. The molecule has 2 heterocycles. The maximum atomic E-state index is 6.12.